The summed E-state index contributed by atoms with van der Waals surface area (Å²) in [5.41, 5.74) is 14.7. The molecular weight excluding hydrogens is 458 g/mol. The maximum absolute atomic E-state index is 13.1. The van der Waals surface area contributed by atoms with Crippen LogP contribution in [0, 0.1) is 0 Å². The first-order valence-electron chi connectivity index (χ1n) is 8.72. The van der Waals surface area contributed by atoms with E-state index in [1.807, 2.05) is 0 Å². The van der Waals surface area contributed by atoms with Crippen molar-refractivity contribution in [2.24, 2.45) is 10.2 Å². The number of hydrogen-bond acceptors (Lipinski definition) is 9. The van der Waals surface area contributed by atoms with Crippen molar-refractivity contribution in [2.75, 3.05) is 0 Å². The highest BCUT2D eigenvalue weighted by Crippen LogP contribution is 2.37. The maximum Gasteiger partial charge on any atom is 0.318 e. The quantitative estimate of drug-likeness (QED) is 0.211. The summed E-state index contributed by atoms with van der Waals surface area (Å²) in [6, 6.07) is 8.63. The van der Waals surface area contributed by atoms with Gasteiger partial charge in [-0.05, 0) is 29.3 Å². The van der Waals surface area contributed by atoms with Crippen molar-refractivity contribution in [3.63, 3.8) is 0 Å². The topological polar surface area (TPSA) is 212 Å². The molecule has 0 radical (unpaired) electrons. The van der Waals surface area contributed by atoms with Gasteiger partial charge in [0.1, 0.15) is 4.90 Å². The molecule has 0 saturated heterocycles. The van der Waals surface area contributed by atoms with Gasteiger partial charge >= 0.3 is 10.1 Å². The van der Waals surface area contributed by atoms with E-state index in [0.29, 0.717) is 0 Å². The van der Waals surface area contributed by atoms with Gasteiger partial charge in [-0.3, -0.25) is 19.2 Å². The smallest absolute Gasteiger partial charge is 0.285 e. The third-order valence-corrected chi connectivity index (χ3v) is 5.87. The molecule has 0 fully saturated rings. The van der Waals surface area contributed by atoms with Crippen LogP contribution in [0.3, 0.4) is 0 Å². The SMILES string of the molecule is [N-]=[N+]=NC1=C(N=[N+]=[N-])c2c(cccc2S(=O)(=O)ON2C(=O)c3ccccc3C2=O)C(=O)C1=O. The number of rotatable bonds is 5. The Morgan fingerprint density at radius 3 is 1.88 bits per heavy atom. The Morgan fingerprint density at radius 2 is 1.30 bits per heavy atom. The number of hydrogen-bond donors (Lipinski definition) is 0. The van der Waals surface area contributed by atoms with Gasteiger partial charge in [-0.1, -0.05) is 34.5 Å². The van der Waals surface area contributed by atoms with Crippen molar-refractivity contribution in [1.82, 2.24) is 5.06 Å². The number of azide groups is 2. The fourth-order valence-electron chi connectivity index (χ4n) is 3.28. The molecule has 0 saturated carbocycles. The van der Waals surface area contributed by atoms with Gasteiger partial charge in [0.2, 0.25) is 11.6 Å². The minimum atomic E-state index is -5.03. The van der Waals surface area contributed by atoms with Crippen LogP contribution in [-0.2, 0) is 19.2 Å². The van der Waals surface area contributed by atoms with Gasteiger partial charge in [-0.2, -0.15) is 8.42 Å². The maximum atomic E-state index is 13.1. The number of hydroxylamine groups is 2. The van der Waals surface area contributed by atoms with Crippen LogP contribution in [0.1, 0.15) is 36.6 Å². The number of amides is 2. The molecule has 2 aliphatic rings. The van der Waals surface area contributed by atoms with Crippen LogP contribution in [0.4, 0.5) is 0 Å². The summed E-state index contributed by atoms with van der Waals surface area (Å²) < 4.78 is 31.0. The molecule has 33 heavy (non-hydrogen) atoms. The number of ketones is 2. The molecule has 1 aliphatic carbocycles. The van der Waals surface area contributed by atoms with Gasteiger partial charge < -0.3 is 0 Å². The Hall–Kier alpha value is -4.81. The fraction of sp³-hybridized carbons (Fsp3) is 0. The summed E-state index contributed by atoms with van der Waals surface area (Å²) in [4.78, 5) is 53.8. The molecule has 2 aromatic rings. The number of nitrogens with zero attached hydrogens (tertiary/aromatic N) is 7. The molecule has 1 aliphatic heterocycles. The Bertz CT molecular complexity index is 1510. The van der Waals surface area contributed by atoms with Crippen molar-refractivity contribution in [1.29, 1.82) is 0 Å². The second kappa shape index (κ2) is 7.71. The zero-order valence-corrected chi connectivity index (χ0v) is 16.8. The first-order valence-corrected chi connectivity index (χ1v) is 10.1. The molecular formula is C18H7N7O7S. The lowest BCUT2D eigenvalue weighted by Gasteiger charge is -2.20. The first kappa shape index (κ1) is 21.4. The molecule has 2 amide bonds. The lowest BCUT2D eigenvalue weighted by atomic mass is 9.91. The average Bonchev–Trinajstić information content (AvgIpc) is 3.04. The highest BCUT2D eigenvalue weighted by molar-refractivity contribution is 7.86. The van der Waals surface area contributed by atoms with Crippen LogP contribution < -0.4 is 0 Å². The highest BCUT2D eigenvalue weighted by atomic mass is 32.2. The summed E-state index contributed by atoms with van der Waals surface area (Å²) in [5.74, 6) is -4.65. The van der Waals surface area contributed by atoms with E-state index in [-0.39, 0.29) is 16.2 Å². The van der Waals surface area contributed by atoms with E-state index in [0.717, 1.165) is 18.2 Å². The third-order valence-electron chi connectivity index (χ3n) is 4.64. The second-order valence-electron chi connectivity index (χ2n) is 6.39. The van der Waals surface area contributed by atoms with Gasteiger partial charge in [-0.25, -0.2) is 0 Å². The lowest BCUT2D eigenvalue weighted by Crippen LogP contribution is -2.33. The van der Waals surface area contributed by atoms with E-state index < -0.39 is 60.9 Å². The van der Waals surface area contributed by atoms with E-state index in [1.54, 1.807) is 0 Å². The minimum Gasteiger partial charge on any atom is -0.285 e. The number of carbonyl (C=O) groups excluding carboxylic acids is 4. The molecule has 0 aromatic heterocycles. The van der Waals surface area contributed by atoms with Crippen LogP contribution >= 0.6 is 0 Å². The summed E-state index contributed by atoms with van der Waals surface area (Å²) in [7, 11) is -5.03. The van der Waals surface area contributed by atoms with Gasteiger partial charge in [0.25, 0.3) is 11.8 Å². The first-order chi connectivity index (χ1) is 15.7. The number of allylic oxidation sites excluding steroid dienone is 1. The largest absolute Gasteiger partial charge is 0.318 e. The number of Topliss-reactive ketones (excluding diaryl/α,β-unsaturated/α-hetero) is 2. The van der Waals surface area contributed by atoms with E-state index in [1.165, 1.54) is 24.3 Å². The Balaban J connectivity index is 1.89. The van der Waals surface area contributed by atoms with Crippen LogP contribution in [0.5, 0.6) is 0 Å². The van der Waals surface area contributed by atoms with Crippen LogP contribution in [0.25, 0.3) is 26.6 Å². The van der Waals surface area contributed by atoms with Crippen molar-refractivity contribution in [3.8, 4) is 0 Å². The fourth-order valence-corrected chi connectivity index (χ4v) is 4.40. The zero-order valence-electron chi connectivity index (χ0n) is 15.9. The van der Waals surface area contributed by atoms with E-state index in [9.17, 15) is 27.6 Å². The van der Waals surface area contributed by atoms with Crippen LogP contribution in [0.15, 0.2) is 63.3 Å². The molecule has 1 heterocycles. The molecule has 0 spiro atoms. The van der Waals surface area contributed by atoms with Crippen molar-refractivity contribution >= 4 is 39.2 Å². The van der Waals surface area contributed by atoms with E-state index in [4.69, 9.17) is 15.3 Å². The van der Waals surface area contributed by atoms with Crippen LogP contribution in [0.2, 0.25) is 0 Å². The Morgan fingerprint density at radius 1 is 0.758 bits per heavy atom. The zero-order chi connectivity index (χ0) is 23.9. The molecule has 0 bridgehead atoms. The summed E-state index contributed by atoms with van der Waals surface area (Å²) in [6.07, 6.45) is 0. The molecule has 0 atom stereocenters. The summed E-state index contributed by atoms with van der Waals surface area (Å²) in [6.45, 7) is 0. The van der Waals surface area contributed by atoms with E-state index >= 15 is 0 Å². The van der Waals surface area contributed by atoms with E-state index in [2.05, 4.69) is 20.1 Å². The van der Waals surface area contributed by atoms with Gasteiger partial charge in [-0.15, -0.1) is 9.35 Å². The number of benzene rings is 2. The normalized spacial score (nSPS) is 15.1. The van der Waals surface area contributed by atoms with Crippen LogP contribution in [-0.4, -0.2) is 36.9 Å². The van der Waals surface area contributed by atoms with Gasteiger partial charge in [0, 0.05) is 21.0 Å². The summed E-state index contributed by atoms with van der Waals surface area (Å²) >= 11 is 0. The molecule has 14 nitrogen and oxygen atoms in total. The molecule has 162 valence electrons. The molecule has 2 aromatic carbocycles. The third kappa shape index (κ3) is 3.22. The predicted molar refractivity (Wildman–Crippen MR) is 106 cm³/mol. The summed E-state index contributed by atoms with van der Waals surface area (Å²) in [5, 5.41) is 6.32. The molecule has 0 unspecified atom stereocenters. The predicted octanol–water partition coefficient (Wildman–Crippen LogP) is 2.66. The Labute approximate surface area is 183 Å². The highest BCUT2D eigenvalue weighted by Gasteiger charge is 2.42. The number of carbonyl (C=O) groups is 4. The van der Waals surface area contributed by atoms with Crippen molar-refractivity contribution < 1.29 is 31.9 Å². The molecule has 4 rings (SSSR count). The van der Waals surface area contributed by atoms with Crippen molar-refractivity contribution in [2.45, 2.75) is 4.90 Å². The number of fused-ring (bicyclic) bond motifs is 2. The average molecular weight is 465 g/mol. The number of imide groups is 1. The molecule has 0 N–H and O–H groups in total. The lowest BCUT2D eigenvalue weighted by molar-refractivity contribution is -0.111. The van der Waals surface area contributed by atoms with Crippen molar-refractivity contribution in [3.05, 3.63) is 91.3 Å². The van der Waals surface area contributed by atoms with Gasteiger partial charge in [0.05, 0.1) is 22.5 Å². The minimum absolute atomic E-state index is 0.0283. The second-order valence-corrected chi connectivity index (χ2v) is 7.89. The standard InChI is InChI=1S/C18H7N7O7S/c19-23-21-13-12-10(15(26)16(27)14(13)22-24-20)6-3-7-11(12)33(30,31)32-25-17(28)8-4-1-2-5-9(8)18(25)29/h1-7H. The van der Waals surface area contributed by atoms with Gasteiger partial charge in [0.15, 0.2) is 0 Å². The molecule has 15 heteroatoms. The Kier molecular flexibility index (Phi) is 5.00. The monoisotopic (exact) mass is 465 g/mol.